The molecule has 0 amide bonds. The number of rotatable bonds is 5. The zero-order chi connectivity index (χ0) is 37.5. The van der Waals surface area contributed by atoms with Gasteiger partial charge in [-0.25, -0.2) is 15.0 Å². The highest BCUT2D eigenvalue weighted by Gasteiger charge is 2.50. The van der Waals surface area contributed by atoms with E-state index in [9.17, 15) is 0 Å². The SMILES string of the molecule is c1ccc(-c2ccc(-c3nc(-c4ccccc4)nc(-c4ccc(-c5ccc6c(c5)C5(c7ccccc7-6)c6cccc7ccc8cccc5c8c67)cc4)n3)cc2)cc1. The van der Waals surface area contributed by atoms with E-state index in [1.807, 2.05) is 36.4 Å². The molecule has 1 spiro atoms. The molecule has 264 valence electrons. The summed E-state index contributed by atoms with van der Waals surface area (Å²) in [6, 6.07) is 72.1. The Bertz CT molecular complexity index is 3140. The normalized spacial score (nSPS) is 13.1. The number of fused-ring (bicyclic) bond motifs is 7. The van der Waals surface area contributed by atoms with E-state index in [4.69, 9.17) is 15.0 Å². The topological polar surface area (TPSA) is 38.7 Å². The van der Waals surface area contributed by atoms with Crippen LogP contribution in [0.4, 0.5) is 0 Å². The quantitative estimate of drug-likeness (QED) is 0.166. The summed E-state index contributed by atoms with van der Waals surface area (Å²) in [6.45, 7) is 0. The summed E-state index contributed by atoms with van der Waals surface area (Å²) in [5, 5.41) is 5.34. The summed E-state index contributed by atoms with van der Waals surface area (Å²) in [4.78, 5) is 15.0. The van der Waals surface area contributed by atoms with Crippen LogP contribution < -0.4 is 0 Å². The lowest BCUT2D eigenvalue weighted by atomic mass is 9.70. The van der Waals surface area contributed by atoms with Crippen molar-refractivity contribution in [2.45, 2.75) is 5.41 Å². The maximum atomic E-state index is 5.06. The zero-order valence-electron chi connectivity index (χ0n) is 30.9. The number of benzene rings is 9. The van der Waals surface area contributed by atoms with E-state index in [2.05, 4.69) is 164 Å². The Morgan fingerprint density at radius 3 is 1.25 bits per heavy atom. The first-order valence-corrected chi connectivity index (χ1v) is 19.5. The van der Waals surface area contributed by atoms with Gasteiger partial charge in [0.1, 0.15) is 0 Å². The van der Waals surface area contributed by atoms with Crippen molar-refractivity contribution in [3.8, 4) is 67.5 Å². The Hall–Kier alpha value is -7.49. The second kappa shape index (κ2) is 12.3. The lowest BCUT2D eigenvalue weighted by molar-refractivity contribution is 0.797. The minimum atomic E-state index is -0.390. The molecule has 3 heteroatoms. The maximum absolute atomic E-state index is 5.06. The van der Waals surface area contributed by atoms with E-state index in [1.54, 1.807) is 0 Å². The van der Waals surface area contributed by atoms with Gasteiger partial charge in [-0.3, -0.25) is 0 Å². The summed E-state index contributed by atoms with van der Waals surface area (Å²) < 4.78 is 0. The highest BCUT2D eigenvalue weighted by molar-refractivity contribution is 6.17. The van der Waals surface area contributed by atoms with Crippen molar-refractivity contribution in [2.24, 2.45) is 0 Å². The number of aromatic nitrogens is 3. The molecule has 1 aromatic heterocycles. The summed E-state index contributed by atoms with van der Waals surface area (Å²) in [5.74, 6) is 1.94. The molecule has 0 radical (unpaired) electrons. The molecule has 0 saturated heterocycles. The molecule has 0 bridgehead atoms. The Kier molecular flexibility index (Phi) is 6.84. The second-order valence-corrected chi connectivity index (χ2v) is 15.1. The molecule has 12 rings (SSSR count). The minimum Gasteiger partial charge on any atom is -0.208 e. The summed E-state index contributed by atoms with van der Waals surface area (Å²) >= 11 is 0. The van der Waals surface area contributed by atoms with Crippen LogP contribution in [0.3, 0.4) is 0 Å². The molecule has 0 N–H and O–H groups in total. The van der Waals surface area contributed by atoms with Crippen molar-refractivity contribution in [3.63, 3.8) is 0 Å². The van der Waals surface area contributed by atoms with Gasteiger partial charge in [0.25, 0.3) is 0 Å². The Morgan fingerprint density at radius 1 is 0.263 bits per heavy atom. The average molecular weight is 724 g/mol. The highest BCUT2D eigenvalue weighted by atomic mass is 15.0. The van der Waals surface area contributed by atoms with Crippen molar-refractivity contribution >= 4 is 21.5 Å². The molecule has 9 aromatic carbocycles. The molecule has 0 aliphatic heterocycles. The van der Waals surface area contributed by atoms with Crippen LogP contribution in [0.1, 0.15) is 22.3 Å². The maximum Gasteiger partial charge on any atom is 0.164 e. The van der Waals surface area contributed by atoms with E-state index < -0.39 is 0 Å². The van der Waals surface area contributed by atoms with Crippen molar-refractivity contribution in [1.29, 1.82) is 0 Å². The third-order valence-corrected chi connectivity index (χ3v) is 12.1. The predicted octanol–water partition coefficient (Wildman–Crippen LogP) is 13.2. The van der Waals surface area contributed by atoms with Gasteiger partial charge in [-0.2, -0.15) is 0 Å². The van der Waals surface area contributed by atoms with Crippen LogP contribution in [-0.4, -0.2) is 15.0 Å². The van der Waals surface area contributed by atoms with Crippen LogP contribution in [0.2, 0.25) is 0 Å². The van der Waals surface area contributed by atoms with Gasteiger partial charge in [0.05, 0.1) is 5.41 Å². The Morgan fingerprint density at radius 2 is 0.667 bits per heavy atom. The molecule has 0 fully saturated rings. The number of hydrogen-bond donors (Lipinski definition) is 0. The lowest BCUT2D eigenvalue weighted by Crippen LogP contribution is -2.26. The molecule has 2 aliphatic carbocycles. The Labute approximate surface area is 330 Å². The fourth-order valence-electron chi connectivity index (χ4n) is 9.57. The van der Waals surface area contributed by atoms with Gasteiger partial charge >= 0.3 is 0 Å². The molecule has 3 nitrogen and oxygen atoms in total. The third-order valence-electron chi connectivity index (χ3n) is 12.1. The van der Waals surface area contributed by atoms with Gasteiger partial charge in [-0.15, -0.1) is 0 Å². The van der Waals surface area contributed by atoms with Gasteiger partial charge < -0.3 is 0 Å². The van der Waals surface area contributed by atoms with Crippen LogP contribution in [0.25, 0.3) is 89.1 Å². The van der Waals surface area contributed by atoms with Gasteiger partial charge in [-0.05, 0) is 83.2 Å². The smallest absolute Gasteiger partial charge is 0.164 e. The minimum absolute atomic E-state index is 0.390. The standard InChI is InChI=1S/C54H33N3/c1-3-11-34(12-4-1)35-21-27-40(28-22-35)52-55-51(39-13-5-2-6-14-39)56-53(57-52)41-29-23-36(24-30-41)42-31-32-44-43-17-7-8-18-45(43)54(48(44)33-42)46-19-9-15-37-25-26-38-16-10-20-47(54)50(38)49(37)46/h1-33H. The van der Waals surface area contributed by atoms with Crippen molar-refractivity contribution in [1.82, 2.24) is 15.0 Å². The predicted molar refractivity (Wildman–Crippen MR) is 233 cm³/mol. The first kappa shape index (κ1) is 31.8. The van der Waals surface area contributed by atoms with Crippen LogP contribution in [0, 0.1) is 0 Å². The van der Waals surface area contributed by atoms with E-state index in [1.165, 1.54) is 66.1 Å². The van der Waals surface area contributed by atoms with Crippen LogP contribution >= 0.6 is 0 Å². The van der Waals surface area contributed by atoms with Crippen molar-refractivity contribution in [2.75, 3.05) is 0 Å². The summed E-state index contributed by atoms with van der Waals surface area (Å²) in [7, 11) is 0. The molecule has 0 unspecified atom stereocenters. The number of nitrogens with zero attached hydrogens (tertiary/aromatic N) is 3. The fraction of sp³-hybridized carbons (Fsp3) is 0.0185. The van der Waals surface area contributed by atoms with Gasteiger partial charge in [0, 0.05) is 16.7 Å². The first-order valence-electron chi connectivity index (χ1n) is 19.5. The van der Waals surface area contributed by atoms with Gasteiger partial charge in [0.15, 0.2) is 17.5 Å². The summed E-state index contributed by atoms with van der Waals surface area (Å²) in [5.41, 5.74) is 15.2. The van der Waals surface area contributed by atoms with E-state index in [0.29, 0.717) is 17.5 Å². The lowest BCUT2D eigenvalue weighted by Gasteiger charge is -2.31. The largest absolute Gasteiger partial charge is 0.208 e. The zero-order valence-corrected chi connectivity index (χ0v) is 30.9. The van der Waals surface area contributed by atoms with Crippen LogP contribution in [0.5, 0.6) is 0 Å². The highest BCUT2D eigenvalue weighted by Crippen LogP contribution is 2.62. The molecular formula is C54H33N3. The monoisotopic (exact) mass is 723 g/mol. The molecule has 1 heterocycles. The summed E-state index contributed by atoms with van der Waals surface area (Å²) in [6.07, 6.45) is 0. The molecular weight excluding hydrogens is 691 g/mol. The van der Waals surface area contributed by atoms with Crippen LogP contribution in [-0.2, 0) is 5.41 Å². The fourth-order valence-corrected chi connectivity index (χ4v) is 9.57. The van der Waals surface area contributed by atoms with E-state index >= 15 is 0 Å². The molecule has 0 saturated carbocycles. The van der Waals surface area contributed by atoms with E-state index in [0.717, 1.165) is 27.8 Å². The second-order valence-electron chi connectivity index (χ2n) is 15.1. The van der Waals surface area contributed by atoms with Crippen molar-refractivity contribution in [3.05, 3.63) is 222 Å². The molecule has 0 atom stereocenters. The molecule has 2 aliphatic rings. The molecule has 10 aromatic rings. The van der Waals surface area contributed by atoms with Crippen LogP contribution in [0.15, 0.2) is 200 Å². The average Bonchev–Trinajstić information content (AvgIpc) is 3.77. The van der Waals surface area contributed by atoms with Gasteiger partial charge in [-0.1, -0.05) is 194 Å². The van der Waals surface area contributed by atoms with Crippen molar-refractivity contribution < 1.29 is 0 Å². The van der Waals surface area contributed by atoms with Gasteiger partial charge in [0.2, 0.25) is 0 Å². The molecule has 57 heavy (non-hydrogen) atoms. The number of hydrogen-bond acceptors (Lipinski definition) is 3. The third kappa shape index (κ3) is 4.69. The Balaban J connectivity index is 0.968. The first-order chi connectivity index (χ1) is 28.2. The van der Waals surface area contributed by atoms with E-state index in [-0.39, 0.29) is 5.41 Å².